The molecule has 86 valence electrons. The molecule has 14 heavy (non-hydrogen) atoms. The van der Waals surface area contributed by atoms with Crippen molar-refractivity contribution >= 4 is 0 Å². The van der Waals surface area contributed by atoms with Crippen LogP contribution >= 0.6 is 0 Å². The van der Waals surface area contributed by atoms with Crippen molar-refractivity contribution in [1.82, 2.24) is 5.32 Å². The molecule has 0 aromatic heterocycles. The third kappa shape index (κ3) is 10.0. The first-order chi connectivity index (χ1) is 6.45. The zero-order valence-corrected chi connectivity index (χ0v) is 10.8. The highest BCUT2D eigenvalue weighted by Crippen LogP contribution is 2.24. The summed E-state index contributed by atoms with van der Waals surface area (Å²) in [5.74, 6) is 0.874. The minimum Gasteiger partial charge on any atom is -0.317 e. The highest BCUT2D eigenvalue weighted by atomic mass is 14.8. The molecule has 0 amide bonds. The van der Waals surface area contributed by atoms with E-state index >= 15 is 0 Å². The Hall–Kier alpha value is -0.0400. The van der Waals surface area contributed by atoms with Gasteiger partial charge in [-0.25, -0.2) is 0 Å². The molecule has 0 fully saturated rings. The molecule has 1 nitrogen and oxygen atoms in total. The van der Waals surface area contributed by atoms with Crippen LogP contribution in [0.2, 0.25) is 0 Å². The van der Waals surface area contributed by atoms with E-state index in [4.69, 9.17) is 0 Å². The lowest BCUT2D eigenvalue weighted by Gasteiger charge is -2.20. The lowest BCUT2D eigenvalue weighted by atomic mass is 9.86. The topological polar surface area (TPSA) is 12.0 Å². The molecule has 0 saturated carbocycles. The van der Waals surface area contributed by atoms with Gasteiger partial charge in [-0.05, 0) is 43.7 Å². The Bertz CT molecular complexity index is 124. The zero-order chi connectivity index (χ0) is 11.0. The van der Waals surface area contributed by atoms with E-state index in [9.17, 15) is 0 Å². The van der Waals surface area contributed by atoms with Gasteiger partial charge in [-0.2, -0.15) is 0 Å². The summed E-state index contributed by atoms with van der Waals surface area (Å²) >= 11 is 0. The van der Waals surface area contributed by atoms with Gasteiger partial charge in [0.2, 0.25) is 0 Å². The Balaban J connectivity index is 3.32. The first kappa shape index (κ1) is 14.0. The third-order valence-electron chi connectivity index (χ3n) is 2.63. The van der Waals surface area contributed by atoms with Crippen LogP contribution in [0.4, 0.5) is 0 Å². The Kier molecular flexibility index (Phi) is 7.26. The second-order valence-corrected chi connectivity index (χ2v) is 5.74. The van der Waals surface area contributed by atoms with Crippen LogP contribution in [0.1, 0.15) is 60.3 Å². The molecule has 1 atom stereocenters. The number of hydrogen-bond donors (Lipinski definition) is 1. The number of hydrogen-bond acceptors (Lipinski definition) is 1. The molecule has 0 aliphatic carbocycles. The summed E-state index contributed by atoms with van der Waals surface area (Å²) in [4.78, 5) is 0. The van der Waals surface area contributed by atoms with Gasteiger partial charge in [0.15, 0.2) is 0 Å². The van der Waals surface area contributed by atoms with Gasteiger partial charge in [0.25, 0.3) is 0 Å². The van der Waals surface area contributed by atoms with Gasteiger partial charge in [0.1, 0.15) is 0 Å². The molecule has 0 spiro atoms. The van der Waals surface area contributed by atoms with Crippen LogP contribution in [-0.4, -0.2) is 13.1 Å². The van der Waals surface area contributed by atoms with Crippen LogP contribution in [-0.2, 0) is 0 Å². The predicted molar refractivity (Wildman–Crippen MR) is 65.6 cm³/mol. The molecule has 0 rings (SSSR count). The summed E-state index contributed by atoms with van der Waals surface area (Å²) in [5, 5.41) is 3.46. The third-order valence-corrected chi connectivity index (χ3v) is 2.63. The average Bonchev–Trinajstić information content (AvgIpc) is 2.08. The fraction of sp³-hybridized carbons (Fsp3) is 1.00. The molecule has 0 aliphatic heterocycles. The minimum atomic E-state index is 0.505. The summed E-state index contributed by atoms with van der Waals surface area (Å²) in [7, 11) is 0. The maximum atomic E-state index is 3.46. The van der Waals surface area contributed by atoms with Gasteiger partial charge in [-0.3, -0.25) is 0 Å². The van der Waals surface area contributed by atoms with Crippen molar-refractivity contribution in [2.75, 3.05) is 13.1 Å². The van der Waals surface area contributed by atoms with Crippen molar-refractivity contribution < 1.29 is 0 Å². The van der Waals surface area contributed by atoms with Crippen LogP contribution in [0.25, 0.3) is 0 Å². The van der Waals surface area contributed by atoms with Crippen LogP contribution < -0.4 is 5.32 Å². The summed E-state index contributed by atoms with van der Waals surface area (Å²) in [5.41, 5.74) is 0.505. The molecule has 0 aromatic rings. The lowest BCUT2D eigenvalue weighted by Crippen LogP contribution is -2.18. The van der Waals surface area contributed by atoms with E-state index in [0.29, 0.717) is 5.41 Å². The van der Waals surface area contributed by atoms with E-state index in [2.05, 4.69) is 39.9 Å². The highest BCUT2D eigenvalue weighted by molar-refractivity contribution is 4.64. The van der Waals surface area contributed by atoms with Crippen molar-refractivity contribution in [1.29, 1.82) is 0 Å². The average molecular weight is 199 g/mol. The molecule has 0 aromatic carbocycles. The monoisotopic (exact) mass is 199 g/mol. The second-order valence-electron chi connectivity index (χ2n) is 5.74. The fourth-order valence-electron chi connectivity index (χ4n) is 1.47. The largest absolute Gasteiger partial charge is 0.317 e. The van der Waals surface area contributed by atoms with E-state index in [-0.39, 0.29) is 0 Å². The van der Waals surface area contributed by atoms with E-state index in [1.807, 2.05) is 0 Å². The van der Waals surface area contributed by atoms with Gasteiger partial charge in [0, 0.05) is 0 Å². The first-order valence-electron chi connectivity index (χ1n) is 6.16. The Labute approximate surface area is 90.7 Å². The molecule has 0 aliphatic rings. The smallest absolute Gasteiger partial charge is 0.00464 e. The SMILES string of the molecule is CCCNCCC(C)CCC(C)(C)C. The molecule has 1 unspecified atom stereocenters. The minimum absolute atomic E-state index is 0.505. The van der Waals surface area contributed by atoms with Gasteiger partial charge < -0.3 is 5.32 Å². The molecular formula is C13H29N. The van der Waals surface area contributed by atoms with E-state index in [1.54, 1.807) is 0 Å². The standard InChI is InChI=1S/C13H29N/c1-6-10-14-11-8-12(2)7-9-13(3,4)5/h12,14H,6-11H2,1-5H3. The first-order valence-corrected chi connectivity index (χ1v) is 6.16. The fourth-order valence-corrected chi connectivity index (χ4v) is 1.47. The maximum Gasteiger partial charge on any atom is -0.00464 e. The number of rotatable bonds is 7. The summed E-state index contributed by atoms with van der Waals surface area (Å²) in [6.45, 7) is 13.9. The molecule has 1 N–H and O–H groups in total. The summed E-state index contributed by atoms with van der Waals surface area (Å²) in [6.07, 6.45) is 5.30. The van der Waals surface area contributed by atoms with Crippen molar-refractivity contribution in [2.24, 2.45) is 11.3 Å². The normalized spacial score (nSPS) is 14.4. The molecule has 0 heterocycles. The maximum absolute atomic E-state index is 3.46. The Morgan fingerprint density at radius 1 is 1.07 bits per heavy atom. The van der Waals surface area contributed by atoms with Crippen molar-refractivity contribution in [2.45, 2.75) is 60.3 Å². The van der Waals surface area contributed by atoms with Crippen LogP contribution in [0.3, 0.4) is 0 Å². The molecule has 0 saturated heterocycles. The van der Waals surface area contributed by atoms with Crippen molar-refractivity contribution in [3.63, 3.8) is 0 Å². The molecule has 1 heteroatoms. The van der Waals surface area contributed by atoms with E-state index < -0.39 is 0 Å². The highest BCUT2D eigenvalue weighted by Gasteiger charge is 2.11. The second kappa shape index (κ2) is 7.28. The zero-order valence-electron chi connectivity index (χ0n) is 10.8. The number of nitrogens with one attached hydrogen (secondary N) is 1. The van der Waals surface area contributed by atoms with Crippen molar-refractivity contribution in [3.05, 3.63) is 0 Å². The summed E-state index contributed by atoms with van der Waals surface area (Å²) in [6, 6.07) is 0. The Morgan fingerprint density at radius 2 is 1.71 bits per heavy atom. The lowest BCUT2D eigenvalue weighted by molar-refractivity contribution is 0.321. The van der Waals surface area contributed by atoms with Gasteiger partial charge >= 0.3 is 0 Å². The Morgan fingerprint density at radius 3 is 2.21 bits per heavy atom. The molecule has 0 radical (unpaired) electrons. The van der Waals surface area contributed by atoms with E-state index in [0.717, 1.165) is 5.92 Å². The van der Waals surface area contributed by atoms with Crippen LogP contribution in [0.5, 0.6) is 0 Å². The predicted octanol–water partition coefficient (Wildman–Crippen LogP) is 3.84. The molecule has 0 bridgehead atoms. The van der Waals surface area contributed by atoms with E-state index in [1.165, 1.54) is 38.8 Å². The van der Waals surface area contributed by atoms with Crippen LogP contribution in [0, 0.1) is 11.3 Å². The van der Waals surface area contributed by atoms with Gasteiger partial charge in [-0.15, -0.1) is 0 Å². The van der Waals surface area contributed by atoms with Gasteiger partial charge in [0.05, 0.1) is 0 Å². The van der Waals surface area contributed by atoms with Crippen LogP contribution in [0.15, 0.2) is 0 Å². The summed E-state index contributed by atoms with van der Waals surface area (Å²) < 4.78 is 0. The van der Waals surface area contributed by atoms with Crippen molar-refractivity contribution in [3.8, 4) is 0 Å². The molecular weight excluding hydrogens is 170 g/mol. The quantitative estimate of drug-likeness (QED) is 0.614. The van der Waals surface area contributed by atoms with Gasteiger partial charge in [-0.1, -0.05) is 41.0 Å².